The first-order chi connectivity index (χ1) is 12.7. The van der Waals surface area contributed by atoms with Crippen molar-refractivity contribution in [3.05, 3.63) is 24.3 Å². The first kappa shape index (κ1) is 18.8. The third-order valence-corrected chi connectivity index (χ3v) is 5.11. The number of likely N-dealkylation sites (tertiary alicyclic amines) is 1. The van der Waals surface area contributed by atoms with E-state index >= 15 is 0 Å². The Labute approximate surface area is 156 Å². The molecule has 1 aromatic carbocycles. The van der Waals surface area contributed by atoms with Crippen LogP contribution in [-0.2, 0) is 0 Å². The Hall–Kier alpha value is -1.95. The number of benzene rings is 1. The number of urea groups is 1. The van der Waals surface area contributed by atoms with Gasteiger partial charge in [-0.1, -0.05) is 19.1 Å². The van der Waals surface area contributed by atoms with E-state index in [9.17, 15) is 4.79 Å². The molecule has 2 amide bonds. The van der Waals surface area contributed by atoms with E-state index in [1.165, 1.54) is 12.8 Å². The summed E-state index contributed by atoms with van der Waals surface area (Å²) in [5.74, 6) is 2.28. The highest BCUT2D eigenvalue weighted by molar-refractivity contribution is 5.74. The lowest BCUT2D eigenvalue weighted by Crippen LogP contribution is -2.49. The average Bonchev–Trinajstić information content (AvgIpc) is 2.66. The number of rotatable bonds is 6. The van der Waals surface area contributed by atoms with Gasteiger partial charge in [0.25, 0.3) is 0 Å². The fourth-order valence-electron chi connectivity index (χ4n) is 3.68. The molecule has 6 heteroatoms. The number of amides is 2. The minimum absolute atomic E-state index is 0.0278. The summed E-state index contributed by atoms with van der Waals surface area (Å²) in [5.41, 5.74) is 0. The Bertz CT molecular complexity index is 595. The molecule has 0 aliphatic carbocycles. The smallest absolute Gasteiger partial charge is 0.317 e. The first-order valence-corrected chi connectivity index (χ1v) is 9.79. The van der Waals surface area contributed by atoms with Crippen LogP contribution >= 0.6 is 0 Å². The Balaban J connectivity index is 1.42. The summed E-state index contributed by atoms with van der Waals surface area (Å²) < 4.78 is 11.7. The van der Waals surface area contributed by atoms with Gasteiger partial charge in [-0.05, 0) is 44.4 Å². The molecule has 1 aromatic rings. The van der Waals surface area contributed by atoms with Crippen LogP contribution in [0.2, 0.25) is 0 Å². The van der Waals surface area contributed by atoms with E-state index in [4.69, 9.17) is 9.47 Å². The van der Waals surface area contributed by atoms with Gasteiger partial charge < -0.3 is 24.6 Å². The number of likely N-dealkylation sites (N-methyl/N-ethyl adjacent to an activating group) is 1. The van der Waals surface area contributed by atoms with Crippen molar-refractivity contribution in [1.82, 2.24) is 15.1 Å². The van der Waals surface area contributed by atoms with Crippen LogP contribution < -0.4 is 14.8 Å². The molecular weight excluding hydrogens is 330 g/mol. The lowest BCUT2D eigenvalue weighted by molar-refractivity contribution is 0.0674. The standard InChI is InChI=1S/C20H31N3O3/c1-3-23(14-17-15-25-18-8-4-5-9-19(18)26-17)20(24)21-10-12-22-11-6-7-16(2)13-22/h4-5,8-9,16-17H,3,6-7,10-15H2,1-2H3,(H,21,24). The summed E-state index contributed by atoms with van der Waals surface area (Å²) in [7, 11) is 0. The highest BCUT2D eigenvalue weighted by Gasteiger charge is 2.25. The number of para-hydroxylation sites is 2. The van der Waals surface area contributed by atoms with Crippen molar-refractivity contribution in [3.63, 3.8) is 0 Å². The molecule has 1 fully saturated rings. The summed E-state index contributed by atoms with van der Waals surface area (Å²) in [6.07, 6.45) is 2.44. The Morgan fingerprint density at radius 2 is 2.15 bits per heavy atom. The summed E-state index contributed by atoms with van der Waals surface area (Å²) in [6.45, 7) is 9.82. The Kier molecular flexibility index (Phi) is 6.61. The molecule has 1 saturated heterocycles. The van der Waals surface area contributed by atoms with Crippen molar-refractivity contribution >= 4 is 6.03 Å². The van der Waals surface area contributed by atoms with Crippen LogP contribution in [0.5, 0.6) is 11.5 Å². The normalized spacial score (nSPS) is 22.7. The molecule has 0 aromatic heterocycles. The quantitative estimate of drug-likeness (QED) is 0.846. The van der Waals surface area contributed by atoms with Crippen LogP contribution in [0.25, 0.3) is 0 Å². The van der Waals surface area contributed by atoms with Crippen LogP contribution in [0.4, 0.5) is 4.79 Å². The zero-order valence-corrected chi connectivity index (χ0v) is 15.9. The number of carbonyl (C=O) groups is 1. The van der Waals surface area contributed by atoms with Gasteiger partial charge in [0.05, 0.1) is 6.54 Å². The lowest BCUT2D eigenvalue weighted by atomic mass is 10.0. The van der Waals surface area contributed by atoms with E-state index in [0.29, 0.717) is 26.2 Å². The third kappa shape index (κ3) is 5.04. The van der Waals surface area contributed by atoms with E-state index in [0.717, 1.165) is 37.1 Å². The Morgan fingerprint density at radius 3 is 2.92 bits per heavy atom. The highest BCUT2D eigenvalue weighted by Crippen LogP contribution is 2.31. The number of hydrogen-bond acceptors (Lipinski definition) is 4. The molecule has 144 valence electrons. The molecule has 0 radical (unpaired) electrons. The number of nitrogens with one attached hydrogen (secondary N) is 1. The van der Waals surface area contributed by atoms with Crippen molar-refractivity contribution in [2.75, 3.05) is 45.9 Å². The van der Waals surface area contributed by atoms with Gasteiger partial charge in [-0.15, -0.1) is 0 Å². The second-order valence-corrected chi connectivity index (χ2v) is 7.32. The molecule has 2 atom stereocenters. The van der Waals surface area contributed by atoms with Gasteiger partial charge >= 0.3 is 6.03 Å². The Morgan fingerprint density at radius 1 is 1.35 bits per heavy atom. The van der Waals surface area contributed by atoms with Gasteiger partial charge in [0, 0.05) is 26.2 Å². The maximum Gasteiger partial charge on any atom is 0.317 e. The van der Waals surface area contributed by atoms with E-state index in [1.54, 1.807) is 4.90 Å². The molecule has 2 aliphatic heterocycles. The van der Waals surface area contributed by atoms with Crippen LogP contribution in [0.1, 0.15) is 26.7 Å². The number of ether oxygens (including phenoxy) is 2. The van der Waals surface area contributed by atoms with Crippen LogP contribution in [0.15, 0.2) is 24.3 Å². The van der Waals surface area contributed by atoms with Gasteiger partial charge in [0.1, 0.15) is 6.61 Å². The zero-order chi connectivity index (χ0) is 18.4. The average molecular weight is 361 g/mol. The molecule has 0 saturated carbocycles. The van der Waals surface area contributed by atoms with E-state index < -0.39 is 0 Å². The van der Waals surface area contributed by atoms with Crippen molar-refractivity contribution < 1.29 is 14.3 Å². The largest absolute Gasteiger partial charge is 0.486 e. The third-order valence-electron chi connectivity index (χ3n) is 5.11. The van der Waals surface area contributed by atoms with Gasteiger partial charge in [0.2, 0.25) is 0 Å². The van der Waals surface area contributed by atoms with Crippen LogP contribution in [0.3, 0.4) is 0 Å². The van der Waals surface area contributed by atoms with E-state index in [2.05, 4.69) is 17.1 Å². The minimum atomic E-state index is -0.140. The number of nitrogens with zero attached hydrogens (tertiary/aromatic N) is 2. The van der Waals surface area contributed by atoms with Crippen molar-refractivity contribution in [3.8, 4) is 11.5 Å². The molecule has 3 rings (SSSR count). The number of piperidine rings is 1. The lowest BCUT2D eigenvalue weighted by Gasteiger charge is -2.32. The van der Waals surface area contributed by atoms with Gasteiger partial charge in [-0.25, -0.2) is 4.79 Å². The van der Waals surface area contributed by atoms with Crippen molar-refractivity contribution in [1.29, 1.82) is 0 Å². The summed E-state index contributed by atoms with van der Waals surface area (Å²) in [5, 5.41) is 3.05. The minimum Gasteiger partial charge on any atom is -0.486 e. The zero-order valence-electron chi connectivity index (χ0n) is 15.9. The van der Waals surface area contributed by atoms with Crippen LogP contribution in [0, 0.1) is 5.92 Å². The maximum absolute atomic E-state index is 12.5. The van der Waals surface area contributed by atoms with E-state index in [-0.39, 0.29) is 12.1 Å². The molecule has 0 bridgehead atoms. The van der Waals surface area contributed by atoms with Gasteiger partial charge in [-0.3, -0.25) is 0 Å². The molecule has 2 heterocycles. The van der Waals surface area contributed by atoms with Gasteiger partial charge in [-0.2, -0.15) is 0 Å². The van der Waals surface area contributed by atoms with Gasteiger partial charge in [0.15, 0.2) is 17.6 Å². The van der Waals surface area contributed by atoms with E-state index in [1.807, 2.05) is 31.2 Å². The molecular formula is C20H31N3O3. The highest BCUT2D eigenvalue weighted by atomic mass is 16.6. The second-order valence-electron chi connectivity index (χ2n) is 7.32. The second kappa shape index (κ2) is 9.12. The fraction of sp³-hybridized carbons (Fsp3) is 0.650. The monoisotopic (exact) mass is 361 g/mol. The molecule has 2 aliphatic rings. The predicted octanol–water partition coefficient (Wildman–Crippen LogP) is 2.59. The SMILES string of the molecule is CCN(CC1COc2ccccc2O1)C(=O)NCCN1CCCC(C)C1. The number of fused-ring (bicyclic) bond motifs is 1. The molecule has 1 N–H and O–H groups in total. The number of carbonyl (C=O) groups excluding carboxylic acids is 1. The predicted molar refractivity (Wildman–Crippen MR) is 102 cm³/mol. The molecule has 0 spiro atoms. The summed E-state index contributed by atoms with van der Waals surface area (Å²) in [4.78, 5) is 16.7. The van der Waals surface area contributed by atoms with Crippen molar-refractivity contribution in [2.24, 2.45) is 5.92 Å². The number of hydrogen-bond donors (Lipinski definition) is 1. The fourth-order valence-corrected chi connectivity index (χ4v) is 3.68. The van der Waals surface area contributed by atoms with Crippen LogP contribution in [-0.4, -0.2) is 67.8 Å². The molecule has 26 heavy (non-hydrogen) atoms. The summed E-state index contributed by atoms with van der Waals surface area (Å²) >= 11 is 0. The molecule has 6 nitrogen and oxygen atoms in total. The van der Waals surface area contributed by atoms with Crippen molar-refractivity contribution in [2.45, 2.75) is 32.8 Å². The summed E-state index contributed by atoms with van der Waals surface area (Å²) in [6, 6.07) is 7.63. The first-order valence-electron chi connectivity index (χ1n) is 9.79. The maximum atomic E-state index is 12.5. The molecule has 2 unspecified atom stereocenters. The topological polar surface area (TPSA) is 54.0 Å².